The molecule has 0 unspecified atom stereocenters. The van der Waals surface area contributed by atoms with Crippen LogP contribution in [0.15, 0.2) is 4.99 Å². The van der Waals surface area contributed by atoms with Crippen LogP contribution in [0.1, 0.15) is 59.8 Å². The zero-order chi connectivity index (χ0) is 21.4. The summed E-state index contributed by atoms with van der Waals surface area (Å²) in [4.78, 5) is 18.8. The van der Waals surface area contributed by atoms with Crippen molar-refractivity contribution in [1.29, 1.82) is 0 Å². The summed E-state index contributed by atoms with van der Waals surface area (Å²) in [5.74, 6) is 1.36. The van der Waals surface area contributed by atoms with Gasteiger partial charge in [0.15, 0.2) is 5.96 Å². The number of piperidine rings is 1. The van der Waals surface area contributed by atoms with Crippen LogP contribution in [0.5, 0.6) is 0 Å². The molecule has 1 amide bonds. The second-order valence-electron chi connectivity index (χ2n) is 8.73. The maximum Gasteiger partial charge on any atom is 0.225 e. The van der Waals surface area contributed by atoms with Gasteiger partial charge in [-0.3, -0.25) is 9.79 Å². The third-order valence-corrected chi connectivity index (χ3v) is 6.54. The Labute approximate surface area is 171 Å². The summed E-state index contributed by atoms with van der Waals surface area (Å²) in [6.45, 7) is 10.5. The number of rotatable bonds is 9. The lowest BCUT2D eigenvalue weighted by molar-refractivity contribution is -0.136. The molecule has 1 aliphatic heterocycles. The van der Waals surface area contributed by atoms with Crippen molar-refractivity contribution < 1.29 is 13.2 Å². The second kappa shape index (κ2) is 11.0. The van der Waals surface area contributed by atoms with E-state index >= 15 is 0 Å². The van der Waals surface area contributed by atoms with E-state index in [2.05, 4.69) is 43.3 Å². The fraction of sp³-hybridized carbons (Fsp3) is 0.900. The van der Waals surface area contributed by atoms with E-state index < -0.39 is 9.84 Å². The van der Waals surface area contributed by atoms with Crippen molar-refractivity contribution in [3.8, 4) is 0 Å². The van der Waals surface area contributed by atoms with Gasteiger partial charge < -0.3 is 15.5 Å². The molecule has 0 aromatic carbocycles. The minimum Gasteiger partial charge on any atom is -0.356 e. The first-order chi connectivity index (χ1) is 13.0. The Bertz CT molecular complexity index is 619. The number of likely N-dealkylation sites (tertiary alicyclic amines) is 1. The summed E-state index contributed by atoms with van der Waals surface area (Å²) in [7, 11) is -1.21. The number of carbonyl (C=O) groups is 1. The molecule has 0 aliphatic carbocycles. The van der Waals surface area contributed by atoms with Crippen LogP contribution in [-0.4, -0.2) is 69.9 Å². The van der Waals surface area contributed by atoms with Crippen LogP contribution in [-0.2, 0) is 14.6 Å². The number of hydrogen-bond acceptors (Lipinski definition) is 4. The van der Waals surface area contributed by atoms with Crippen molar-refractivity contribution in [1.82, 2.24) is 15.5 Å². The molecule has 1 heterocycles. The molecule has 1 rings (SSSR count). The molecule has 1 saturated heterocycles. The normalized spacial score (nSPS) is 17.1. The third kappa shape index (κ3) is 8.80. The highest BCUT2D eigenvalue weighted by atomic mass is 32.2. The molecular formula is C20H40N4O3S. The van der Waals surface area contributed by atoms with Crippen LogP contribution in [0.2, 0.25) is 0 Å². The SMILES string of the molecule is CCC(CC)C(=O)N1CCC(NC(=NC)NCC(C)(C)CCS(C)(=O)=O)CC1. The monoisotopic (exact) mass is 416 g/mol. The Kier molecular flexibility index (Phi) is 9.74. The molecule has 8 heteroatoms. The molecule has 28 heavy (non-hydrogen) atoms. The number of hydrogen-bond donors (Lipinski definition) is 2. The van der Waals surface area contributed by atoms with Gasteiger partial charge in [0.2, 0.25) is 5.91 Å². The first kappa shape index (κ1) is 24.7. The van der Waals surface area contributed by atoms with Crippen LogP contribution in [0.4, 0.5) is 0 Å². The van der Waals surface area contributed by atoms with Gasteiger partial charge in [0.1, 0.15) is 9.84 Å². The molecule has 0 atom stereocenters. The highest BCUT2D eigenvalue weighted by Crippen LogP contribution is 2.20. The number of nitrogens with one attached hydrogen (secondary N) is 2. The topological polar surface area (TPSA) is 90.9 Å². The van der Waals surface area contributed by atoms with E-state index in [0.717, 1.165) is 44.7 Å². The molecule has 0 aromatic heterocycles. The molecule has 0 spiro atoms. The summed E-state index contributed by atoms with van der Waals surface area (Å²) >= 11 is 0. The lowest BCUT2D eigenvalue weighted by Gasteiger charge is -2.35. The van der Waals surface area contributed by atoms with Gasteiger partial charge in [0.25, 0.3) is 0 Å². The lowest BCUT2D eigenvalue weighted by atomic mass is 9.90. The Morgan fingerprint density at radius 2 is 1.79 bits per heavy atom. The zero-order valence-corrected chi connectivity index (χ0v) is 19.4. The van der Waals surface area contributed by atoms with Gasteiger partial charge in [0.05, 0.1) is 5.75 Å². The van der Waals surface area contributed by atoms with E-state index in [9.17, 15) is 13.2 Å². The molecular weight excluding hydrogens is 376 g/mol. The van der Waals surface area contributed by atoms with Gasteiger partial charge in [-0.15, -0.1) is 0 Å². The number of nitrogens with zero attached hydrogens (tertiary/aromatic N) is 2. The van der Waals surface area contributed by atoms with Gasteiger partial charge >= 0.3 is 0 Å². The number of guanidine groups is 1. The quantitative estimate of drug-likeness (QED) is 0.443. The third-order valence-electron chi connectivity index (χ3n) is 5.59. The zero-order valence-electron chi connectivity index (χ0n) is 18.5. The molecule has 0 aromatic rings. The van der Waals surface area contributed by atoms with Gasteiger partial charge in [-0.1, -0.05) is 27.7 Å². The Morgan fingerprint density at radius 3 is 2.25 bits per heavy atom. The van der Waals surface area contributed by atoms with Gasteiger partial charge in [-0.2, -0.15) is 0 Å². The minimum absolute atomic E-state index is 0.146. The summed E-state index contributed by atoms with van der Waals surface area (Å²) in [6, 6.07) is 0.288. The number of carbonyl (C=O) groups excluding carboxylic acids is 1. The van der Waals surface area contributed by atoms with Crippen molar-refractivity contribution in [2.24, 2.45) is 16.3 Å². The summed E-state index contributed by atoms with van der Waals surface area (Å²) in [6.07, 6.45) is 5.50. The Hall–Kier alpha value is -1.31. The van der Waals surface area contributed by atoms with Crippen LogP contribution in [0, 0.1) is 11.3 Å². The first-order valence-corrected chi connectivity index (χ1v) is 12.5. The lowest BCUT2D eigenvalue weighted by Crippen LogP contribution is -2.51. The number of aliphatic imine (C=N–C) groups is 1. The van der Waals surface area contributed by atoms with Crippen LogP contribution < -0.4 is 10.6 Å². The van der Waals surface area contributed by atoms with Gasteiger partial charge in [-0.05, 0) is 37.5 Å². The van der Waals surface area contributed by atoms with Crippen LogP contribution in [0.25, 0.3) is 0 Å². The van der Waals surface area contributed by atoms with Crippen LogP contribution in [0.3, 0.4) is 0 Å². The molecule has 1 fully saturated rings. The van der Waals surface area contributed by atoms with E-state index in [-0.39, 0.29) is 23.1 Å². The van der Waals surface area contributed by atoms with Crippen molar-refractivity contribution in [3.63, 3.8) is 0 Å². The van der Waals surface area contributed by atoms with E-state index in [1.54, 1.807) is 7.05 Å². The first-order valence-electron chi connectivity index (χ1n) is 10.4. The van der Waals surface area contributed by atoms with Crippen molar-refractivity contribution in [3.05, 3.63) is 0 Å². The molecule has 164 valence electrons. The standard InChI is InChI=1S/C20H40N4O3S/c1-7-16(8-2)18(25)24-12-9-17(10-13-24)23-19(21-5)22-15-20(3,4)11-14-28(6,26)27/h16-17H,7-15H2,1-6H3,(H2,21,22,23). The summed E-state index contributed by atoms with van der Waals surface area (Å²) in [5, 5.41) is 6.78. The number of sulfone groups is 1. The fourth-order valence-electron chi connectivity index (χ4n) is 3.40. The minimum atomic E-state index is -2.95. The highest BCUT2D eigenvalue weighted by Gasteiger charge is 2.27. The van der Waals surface area contributed by atoms with E-state index in [1.807, 2.05) is 4.90 Å². The molecule has 0 saturated carbocycles. The average Bonchev–Trinajstić information content (AvgIpc) is 2.64. The van der Waals surface area contributed by atoms with E-state index in [4.69, 9.17) is 0 Å². The van der Waals surface area contributed by atoms with E-state index in [0.29, 0.717) is 18.9 Å². The van der Waals surface area contributed by atoms with E-state index in [1.165, 1.54) is 6.26 Å². The molecule has 2 N–H and O–H groups in total. The van der Waals surface area contributed by atoms with Crippen molar-refractivity contribution >= 4 is 21.7 Å². The summed E-state index contributed by atoms with van der Waals surface area (Å²) in [5.41, 5.74) is -0.147. The van der Waals surface area contributed by atoms with Crippen molar-refractivity contribution in [2.75, 3.05) is 38.7 Å². The number of amides is 1. The maximum atomic E-state index is 12.5. The molecule has 0 radical (unpaired) electrons. The predicted molar refractivity (Wildman–Crippen MR) is 116 cm³/mol. The predicted octanol–water partition coefficient (Wildman–Crippen LogP) is 2.04. The smallest absolute Gasteiger partial charge is 0.225 e. The molecule has 1 aliphatic rings. The largest absolute Gasteiger partial charge is 0.356 e. The maximum absolute atomic E-state index is 12.5. The second-order valence-corrected chi connectivity index (χ2v) is 11.0. The molecule has 7 nitrogen and oxygen atoms in total. The highest BCUT2D eigenvalue weighted by molar-refractivity contribution is 7.90. The Morgan fingerprint density at radius 1 is 1.21 bits per heavy atom. The van der Waals surface area contributed by atoms with Crippen molar-refractivity contribution in [2.45, 2.75) is 65.8 Å². The molecule has 0 bridgehead atoms. The average molecular weight is 417 g/mol. The van der Waals surface area contributed by atoms with Crippen LogP contribution >= 0.6 is 0 Å². The van der Waals surface area contributed by atoms with Gasteiger partial charge in [0, 0.05) is 44.9 Å². The summed E-state index contributed by atoms with van der Waals surface area (Å²) < 4.78 is 22.8. The fourth-order valence-corrected chi connectivity index (χ4v) is 4.32. The van der Waals surface area contributed by atoms with Gasteiger partial charge in [-0.25, -0.2) is 8.42 Å². The Balaban J connectivity index is 2.45.